The molecule has 25 heavy (non-hydrogen) atoms. The monoisotopic (exact) mass is 339 g/mol. The maximum Gasteiger partial charge on any atom is 0.321 e. The van der Waals surface area contributed by atoms with Crippen molar-refractivity contribution in [3.05, 3.63) is 59.9 Å². The average Bonchev–Trinajstić information content (AvgIpc) is 3.16. The summed E-state index contributed by atoms with van der Waals surface area (Å²) in [5.74, 6) is -0.319. The highest BCUT2D eigenvalue weighted by Gasteiger charge is 2.54. The molecule has 2 heterocycles. The van der Waals surface area contributed by atoms with E-state index >= 15 is 0 Å². The van der Waals surface area contributed by atoms with Crippen molar-refractivity contribution in [1.29, 1.82) is 0 Å². The third-order valence-corrected chi connectivity index (χ3v) is 5.15. The van der Waals surface area contributed by atoms with Crippen molar-refractivity contribution in [2.45, 2.75) is 11.8 Å². The number of benzene rings is 2. The van der Waals surface area contributed by atoms with Gasteiger partial charge in [0.05, 0.1) is 5.41 Å². The predicted octanol–water partition coefficient (Wildman–Crippen LogP) is 2.98. The summed E-state index contributed by atoms with van der Waals surface area (Å²) in [5, 5.41) is 2.76. The van der Waals surface area contributed by atoms with Crippen LogP contribution in [-0.4, -0.2) is 37.0 Å². The molecule has 5 nitrogen and oxygen atoms in total. The SMILES string of the molecule is CN1C(=O)C2(CCN(C(=O)Nc3ccc(F)cc3)C2)c2ccccc21. The molecule has 6 heteroatoms. The predicted molar refractivity (Wildman–Crippen MR) is 93.1 cm³/mol. The Morgan fingerprint density at radius 1 is 1.16 bits per heavy atom. The molecule has 1 N–H and O–H groups in total. The smallest absolute Gasteiger partial charge is 0.321 e. The highest BCUT2D eigenvalue weighted by Crippen LogP contribution is 2.46. The van der Waals surface area contributed by atoms with Crippen molar-refractivity contribution in [3.63, 3.8) is 0 Å². The maximum atomic E-state index is 13.0. The van der Waals surface area contributed by atoms with Crippen molar-refractivity contribution in [2.75, 3.05) is 30.4 Å². The Morgan fingerprint density at radius 3 is 2.64 bits per heavy atom. The molecule has 2 aliphatic heterocycles. The number of carbonyl (C=O) groups excluding carboxylic acids is 2. The van der Waals surface area contributed by atoms with Gasteiger partial charge in [-0.15, -0.1) is 0 Å². The summed E-state index contributed by atoms with van der Waals surface area (Å²) in [6.45, 7) is 0.848. The number of likely N-dealkylation sites (N-methyl/N-ethyl adjacent to an activating group) is 1. The fraction of sp³-hybridized carbons (Fsp3) is 0.263. The molecule has 0 radical (unpaired) electrons. The number of carbonyl (C=O) groups is 2. The molecule has 0 aromatic heterocycles. The minimum atomic E-state index is -0.661. The van der Waals surface area contributed by atoms with E-state index in [2.05, 4.69) is 5.32 Å². The molecule has 2 aromatic rings. The molecule has 0 aliphatic carbocycles. The number of amides is 3. The number of anilines is 2. The van der Waals surface area contributed by atoms with Crippen LogP contribution in [0.4, 0.5) is 20.6 Å². The number of halogens is 1. The molecule has 4 rings (SSSR count). The van der Waals surface area contributed by atoms with Crippen LogP contribution in [0.25, 0.3) is 0 Å². The van der Waals surface area contributed by atoms with Gasteiger partial charge in [0.1, 0.15) is 5.82 Å². The zero-order valence-corrected chi connectivity index (χ0v) is 13.8. The number of para-hydroxylation sites is 1. The Labute approximate surface area is 145 Å². The van der Waals surface area contributed by atoms with Crippen LogP contribution in [0.2, 0.25) is 0 Å². The van der Waals surface area contributed by atoms with Crippen molar-refractivity contribution < 1.29 is 14.0 Å². The molecule has 2 aliphatic rings. The second kappa shape index (κ2) is 5.58. The maximum absolute atomic E-state index is 13.0. The first-order valence-electron chi connectivity index (χ1n) is 8.20. The van der Waals surface area contributed by atoms with Gasteiger partial charge in [-0.25, -0.2) is 9.18 Å². The first-order valence-corrected chi connectivity index (χ1v) is 8.20. The number of hydrogen-bond donors (Lipinski definition) is 1. The second-order valence-corrected chi connectivity index (χ2v) is 6.57. The zero-order valence-electron chi connectivity index (χ0n) is 13.8. The van der Waals surface area contributed by atoms with Gasteiger partial charge in [0, 0.05) is 31.5 Å². The Balaban J connectivity index is 1.56. The number of rotatable bonds is 1. The van der Waals surface area contributed by atoms with E-state index in [0.717, 1.165) is 11.3 Å². The van der Waals surface area contributed by atoms with Gasteiger partial charge in [0.2, 0.25) is 5.91 Å². The first-order chi connectivity index (χ1) is 12.0. The fourth-order valence-corrected chi connectivity index (χ4v) is 3.83. The minimum absolute atomic E-state index is 0.0331. The minimum Gasteiger partial charge on any atom is -0.323 e. The molecule has 1 atom stereocenters. The van der Waals surface area contributed by atoms with Gasteiger partial charge in [-0.05, 0) is 42.3 Å². The molecule has 1 fully saturated rings. The van der Waals surface area contributed by atoms with Crippen LogP contribution < -0.4 is 10.2 Å². The fourth-order valence-electron chi connectivity index (χ4n) is 3.83. The van der Waals surface area contributed by atoms with Crippen LogP contribution in [0.3, 0.4) is 0 Å². The number of urea groups is 1. The van der Waals surface area contributed by atoms with E-state index in [1.165, 1.54) is 24.3 Å². The molecule has 1 saturated heterocycles. The normalized spacial score (nSPS) is 21.8. The van der Waals surface area contributed by atoms with Crippen molar-refractivity contribution >= 4 is 23.3 Å². The molecular weight excluding hydrogens is 321 g/mol. The van der Waals surface area contributed by atoms with Gasteiger partial charge in [-0.3, -0.25) is 4.79 Å². The van der Waals surface area contributed by atoms with Gasteiger partial charge >= 0.3 is 6.03 Å². The van der Waals surface area contributed by atoms with E-state index in [0.29, 0.717) is 25.2 Å². The summed E-state index contributed by atoms with van der Waals surface area (Å²) in [5.41, 5.74) is 1.77. The Bertz CT molecular complexity index is 852. The summed E-state index contributed by atoms with van der Waals surface area (Å²) in [6, 6.07) is 13.1. The van der Waals surface area contributed by atoms with Gasteiger partial charge < -0.3 is 15.1 Å². The number of hydrogen-bond acceptors (Lipinski definition) is 2. The second-order valence-electron chi connectivity index (χ2n) is 6.57. The van der Waals surface area contributed by atoms with E-state index in [9.17, 15) is 14.0 Å². The zero-order chi connectivity index (χ0) is 17.6. The molecule has 2 aromatic carbocycles. The summed E-state index contributed by atoms with van der Waals surface area (Å²) in [7, 11) is 1.77. The third kappa shape index (κ3) is 2.36. The third-order valence-electron chi connectivity index (χ3n) is 5.15. The summed E-state index contributed by atoms with van der Waals surface area (Å²) >= 11 is 0. The first kappa shape index (κ1) is 15.6. The van der Waals surface area contributed by atoms with Crippen molar-refractivity contribution in [2.24, 2.45) is 0 Å². The number of nitrogens with one attached hydrogen (secondary N) is 1. The molecule has 0 bridgehead atoms. The van der Waals surface area contributed by atoms with E-state index in [4.69, 9.17) is 0 Å². The Kier molecular flexibility index (Phi) is 3.49. The van der Waals surface area contributed by atoms with Gasteiger partial charge in [-0.2, -0.15) is 0 Å². The standard InChI is InChI=1S/C19H18FN3O2/c1-22-16-5-3-2-4-15(16)19(17(22)24)10-11-23(12-19)18(25)21-14-8-6-13(20)7-9-14/h2-9H,10-12H2,1H3,(H,21,25). The van der Waals surface area contributed by atoms with Crippen LogP contribution >= 0.6 is 0 Å². The summed E-state index contributed by atoms with van der Waals surface area (Å²) < 4.78 is 13.0. The Morgan fingerprint density at radius 2 is 1.88 bits per heavy atom. The van der Waals surface area contributed by atoms with E-state index < -0.39 is 5.41 Å². The lowest BCUT2D eigenvalue weighted by molar-refractivity contribution is -0.122. The molecule has 0 saturated carbocycles. The summed E-state index contributed by atoms with van der Waals surface area (Å²) in [4.78, 5) is 28.7. The van der Waals surface area contributed by atoms with Crippen LogP contribution in [0.5, 0.6) is 0 Å². The highest BCUT2D eigenvalue weighted by molar-refractivity contribution is 6.08. The van der Waals surface area contributed by atoms with Gasteiger partial charge in [0.15, 0.2) is 0 Å². The summed E-state index contributed by atoms with van der Waals surface area (Å²) in [6.07, 6.45) is 0.601. The molecule has 128 valence electrons. The molecule has 3 amide bonds. The van der Waals surface area contributed by atoms with E-state index in [1.54, 1.807) is 16.8 Å². The van der Waals surface area contributed by atoms with Gasteiger partial charge in [-0.1, -0.05) is 18.2 Å². The van der Waals surface area contributed by atoms with E-state index in [1.807, 2.05) is 24.3 Å². The lowest BCUT2D eigenvalue weighted by Crippen LogP contribution is -2.42. The average molecular weight is 339 g/mol. The topological polar surface area (TPSA) is 52.7 Å². The lowest BCUT2D eigenvalue weighted by Gasteiger charge is -2.23. The van der Waals surface area contributed by atoms with Crippen LogP contribution in [0.15, 0.2) is 48.5 Å². The van der Waals surface area contributed by atoms with Crippen LogP contribution in [-0.2, 0) is 10.2 Å². The molecule has 1 unspecified atom stereocenters. The quantitative estimate of drug-likeness (QED) is 0.868. The highest BCUT2D eigenvalue weighted by atomic mass is 19.1. The number of nitrogens with zero attached hydrogens (tertiary/aromatic N) is 2. The number of fused-ring (bicyclic) bond motifs is 2. The largest absolute Gasteiger partial charge is 0.323 e. The lowest BCUT2D eigenvalue weighted by atomic mass is 9.81. The molecule has 1 spiro atoms. The number of likely N-dealkylation sites (tertiary alicyclic amines) is 1. The van der Waals surface area contributed by atoms with E-state index in [-0.39, 0.29) is 17.8 Å². The van der Waals surface area contributed by atoms with Crippen molar-refractivity contribution in [1.82, 2.24) is 4.90 Å². The van der Waals surface area contributed by atoms with Crippen molar-refractivity contribution in [3.8, 4) is 0 Å². The molecular formula is C19H18FN3O2. The van der Waals surface area contributed by atoms with Crippen LogP contribution in [0.1, 0.15) is 12.0 Å². The Hall–Kier alpha value is -2.89. The van der Waals surface area contributed by atoms with Gasteiger partial charge in [0.25, 0.3) is 0 Å². The van der Waals surface area contributed by atoms with Crippen LogP contribution in [0, 0.1) is 5.82 Å².